The normalized spacial score (nSPS) is 22.5. The number of nitrogens with one attached hydrogen (secondary N) is 3. The molecule has 53 heavy (non-hydrogen) atoms. The summed E-state index contributed by atoms with van der Waals surface area (Å²) in [6.45, 7) is 6.62. The molecule has 4 amide bonds. The third kappa shape index (κ3) is 9.61. The first-order valence-electron chi connectivity index (χ1n) is 18.1. The molecule has 3 heterocycles. The number of nitrogens with zero attached hydrogens (tertiary/aromatic N) is 2. The summed E-state index contributed by atoms with van der Waals surface area (Å²) in [4.78, 5) is 75.9. The van der Waals surface area contributed by atoms with Crippen molar-refractivity contribution >= 4 is 46.7 Å². The number of carbonyl (C=O) groups excluding carboxylic acids is 5. The van der Waals surface area contributed by atoms with E-state index in [1.807, 2.05) is 20.8 Å². The van der Waals surface area contributed by atoms with Crippen LogP contribution in [0, 0.1) is 23.7 Å². The van der Waals surface area contributed by atoms with E-state index in [-0.39, 0.29) is 56.5 Å². The van der Waals surface area contributed by atoms with Crippen LogP contribution in [0.2, 0.25) is 5.02 Å². The summed E-state index contributed by atoms with van der Waals surface area (Å²) in [6, 6.07) is -0.155. The van der Waals surface area contributed by atoms with Crippen molar-refractivity contribution in [3.8, 4) is 23.8 Å². The predicted octanol–water partition coefficient (Wildman–Crippen LogP) is 2.91. The number of ketones is 1. The molecule has 2 saturated heterocycles. The number of carbonyl (C=O) groups is 5. The SMILES string of the molecule is C#CCC[C@H](NC(=O)[C@@H]1C[C@]2(CC(c3cc(Cl)c(OC)cc3OC)=NO2)CN1C(=O)[C@@H](NC(=O)CC1CCOCC1)C(C)(C)C)C(=O)C(=O)NC1CC1. The van der Waals surface area contributed by atoms with E-state index in [2.05, 4.69) is 27.0 Å². The summed E-state index contributed by atoms with van der Waals surface area (Å²) in [5.41, 5.74) is -0.872. The topological polar surface area (TPSA) is 174 Å². The van der Waals surface area contributed by atoms with E-state index in [4.69, 9.17) is 37.1 Å². The van der Waals surface area contributed by atoms with Gasteiger partial charge >= 0.3 is 0 Å². The van der Waals surface area contributed by atoms with Crippen LogP contribution in [0.25, 0.3) is 0 Å². The second kappa shape index (κ2) is 16.8. The fourth-order valence-corrected chi connectivity index (χ4v) is 7.25. The van der Waals surface area contributed by atoms with Crippen LogP contribution in [-0.4, -0.2) is 104 Å². The van der Waals surface area contributed by atoms with E-state index < -0.39 is 52.6 Å². The van der Waals surface area contributed by atoms with Crippen LogP contribution in [0.3, 0.4) is 0 Å². The number of amides is 4. The van der Waals surface area contributed by atoms with Crippen LogP contribution in [0.4, 0.5) is 0 Å². The highest BCUT2D eigenvalue weighted by Crippen LogP contribution is 2.42. The van der Waals surface area contributed by atoms with Gasteiger partial charge in [0.15, 0.2) is 5.60 Å². The van der Waals surface area contributed by atoms with Crippen LogP contribution in [-0.2, 0) is 33.5 Å². The van der Waals surface area contributed by atoms with Crippen molar-refractivity contribution < 1.29 is 43.0 Å². The van der Waals surface area contributed by atoms with Gasteiger partial charge in [-0.2, -0.15) is 0 Å². The highest BCUT2D eigenvalue weighted by Gasteiger charge is 2.56. The van der Waals surface area contributed by atoms with Gasteiger partial charge in [0.25, 0.3) is 5.91 Å². The Bertz CT molecular complexity index is 1660. The van der Waals surface area contributed by atoms with Crippen molar-refractivity contribution in [1.82, 2.24) is 20.9 Å². The fourth-order valence-electron chi connectivity index (χ4n) is 7.01. The number of rotatable bonds is 14. The molecular formula is C38H50ClN5O9. The van der Waals surface area contributed by atoms with Crippen molar-refractivity contribution in [3.63, 3.8) is 0 Å². The molecule has 3 aliphatic heterocycles. The van der Waals surface area contributed by atoms with E-state index in [0.717, 1.165) is 25.7 Å². The summed E-state index contributed by atoms with van der Waals surface area (Å²) in [5, 5.41) is 13.1. The lowest BCUT2D eigenvalue weighted by Crippen LogP contribution is -2.59. The van der Waals surface area contributed by atoms with Crippen molar-refractivity contribution in [2.45, 2.75) is 108 Å². The molecule has 3 N–H and O–H groups in total. The zero-order valence-electron chi connectivity index (χ0n) is 31.1. The molecule has 0 radical (unpaired) electrons. The number of hydrogen-bond acceptors (Lipinski definition) is 10. The van der Waals surface area contributed by atoms with Crippen molar-refractivity contribution in [2.24, 2.45) is 16.5 Å². The van der Waals surface area contributed by atoms with Gasteiger partial charge < -0.3 is 39.9 Å². The predicted molar refractivity (Wildman–Crippen MR) is 195 cm³/mol. The molecule has 288 valence electrons. The highest BCUT2D eigenvalue weighted by atomic mass is 35.5. The quantitative estimate of drug-likeness (QED) is 0.191. The largest absolute Gasteiger partial charge is 0.496 e. The van der Waals surface area contributed by atoms with E-state index in [9.17, 15) is 24.0 Å². The van der Waals surface area contributed by atoms with Crippen LogP contribution in [0.1, 0.15) is 84.1 Å². The summed E-state index contributed by atoms with van der Waals surface area (Å²) >= 11 is 6.47. The molecule has 3 fully saturated rings. The van der Waals surface area contributed by atoms with Crippen molar-refractivity contribution in [2.75, 3.05) is 34.0 Å². The van der Waals surface area contributed by atoms with E-state index in [1.54, 1.807) is 12.1 Å². The maximum absolute atomic E-state index is 14.7. The summed E-state index contributed by atoms with van der Waals surface area (Å²) in [6.07, 6.45) is 9.13. The number of halogens is 1. The maximum Gasteiger partial charge on any atom is 0.289 e. The van der Waals surface area contributed by atoms with Gasteiger partial charge in [0, 0.05) is 56.6 Å². The Labute approximate surface area is 315 Å². The van der Waals surface area contributed by atoms with Crippen LogP contribution in [0.5, 0.6) is 11.5 Å². The molecule has 5 rings (SSSR count). The first-order chi connectivity index (χ1) is 25.2. The van der Waals surface area contributed by atoms with Gasteiger partial charge in [-0.25, -0.2) is 0 Å². The fraction of sp³-hybridized carbons (Fsp3) is 0.632. The molecule has 1 aromatic rings. The number of oxime groups is 1. The van der Waals surface area contributed by atoms with E-state index in [1.165, 1.54) is 19.1 Å². The van der Waals surface area contributed by atoms with Gasteiger partial charge in [-0.3, -0.25) is 24.0 Å². The lowest BCUT2D eigenvalue weighted by molar-refractivity contribution is -0.145. The van der Waals surface area contributed by atoms with Crippen LogP contribution >= 0.6 is 11.6 Å². The maximum atomic E-state index is 14.7. The van der Waals surface area contributed by atoms with Crippen molar-refractivity contribution in [3.05, 3.63) is 22.7 Å². The average Bonchev–Trinajstić information content (AvgIpc) is 3.72. The van der Waals surface area contributed by atoms with Crippen LogP contribution in [0.15, 0.2) is 17.3 Å². The second-order valence-electron chi connectivity index (χ2n) is 15.4. The number of terminal acetylenes is 1. The van der Waals surface area contributed by atoms with Crippen LogP contribution < -0.4 is 25.4 Å². The minimum Gasteiger partial charge on any atom is -0.496 e. The van der Waals surface area contributed by atoms with Gasteiger partial charge in [-0.15, -0.1) is 12.3 Å². The number of ether oxygens (including phenoxy) is 3. The molecule has 1 aliphatic carbocycles. The molecule has 1 aromatic carbocycles. The molecular weight excluding hydrogens is 706 g/mol. The Hall–Kier alpha value is -4.35. The van der Waals surface area contributed by atoms with Crippen molar-refractivity contribution in [1.29, 1.82) is 0 Å². The minimum absolute atomic E-state index is 0.000971. The van der Waals surface area contributed by atoms with Gasteiger partial charge in [0.2, 0.25) is 23.5 Å². The lowest BCUT2D eigenvalue weighted by Gasteiger charge is -2.36. The molecule has 0 aromatic heterocycles. The Kier molecular flexibility index (Phi) is 12.6. The summed E-state index contributed by atoms with van der Waals surface area (Å²) in [5.74, 6) is 0.407. The van der Waals surface area contributed by atoms with Gasteiger partial charge in [-0.05, 0) is 49.5 Å². The third-order valence-electron chi connectivity index (χ3n) is 10.2. The minimum atomic E-state index is -1.22. The number of methoxy groups -OCH3 is 2. The summed E-state index contributed by atoms with van der Waals surface area (Å²) in [7, 11) is 2.99. The monoisotopic (exact) mass is 755 g/mol. The lowest BCUT2D eigenvalue weighted by atomic mass is 9.85. The number of Topliss-reactive ketones (excluding diaryl/α,β-unsaturated/α-hetero) is 1. The smallest absolute Gasteiger partial charge is 0.289 e. The van der Waals surface area contributed by atoms with Gasteiger partial charge in [0.1, 0.15) is 23.6 Å². The molecule has 0 bridgehead atoms. The van der Waals surface area contributed by atoms with E-state index in [0.29, 0.717) is 41.0 Å². The van der Waals surface area contributed by atoms with Gasteiger partial charge in [-0.1, -0.05) is 37.5 Å². The van der Waals surface area contributed by atoms with Gasteiger partial charge in [0.05, 0.1) is 37.5 Å². The molecule has 14 nitrogen and oxygen atoms in total. The second-order valence-corrected chi connectivity index (χ2v) is 15.8. The number of benzene rings is 1. The Morgan fingerprint density at radius 1 is 1.08 bits per heavy atom. The zero-order valence-corrected chi connectivity index (χ0v) is 31.8. The molecule has 0 unspecified atom stereocenters. The molecule has 4 aliphatic rings. The highest BCUT2D eigenvalue weighted by molar-refractivity contribution is 6.38. The molecule has 4 atom stereocenters. The first kappa shape index (κ1) is 39.8. The third-order valence-corrected chi connectivity index (χ3v) is 10.5. The Balaban J connectivity index is 1.43. The number of hydrogen-bond donors (Lipinski definition) is 3. The molecule has 1 saturated carbocycles. The first-order valence-corrected chi connectivity index (χ1v) is 18.5. The molecule has 1 spiro atoms. The average molecular weight is 756 g/mol. The summed E-state index contributed by atoms with van der Waals surface area (Å²) < 4.78 is 16.4. The zero-order chi connectivity index (χ0) is 38.5. The Morgan fingerprint density at radius 3 is 2.40 bits per heavy atom. The van der Waals surface area contributed by atoms with E-state index >= 15 is 0 Å². The Morgan fingerprint density at radius 2 is 1.77 bits per heavy atom. The molecule has 15 heteroatoms. The number of likely N-dealkylation sites (tertiary alicyclic amines) is 1. The standard InChI is InChI=1S/C38H50ClN5O9/c1-7-8-9-26(32(46)35(48)40-23-10-11-23)41-34(47)28-20-38(19-27(43-53-38)24-17-25(39)30(51-6)18-29(24)50-5)21-44(28)36(49)33(37(2,3)4)42-31(45)16-22-12-14-52-15-13-22/h1,17-18,22-23,26,28,33H,8-16,19-21H2,2-6H3,(H,40,48)(H,41,47)(H,42,45)/t26-,28-,33+,38+/m0/s1.